The van der Waals surface area contributed by atoms with Crippen LogP contribution in [0.25, 0.3) is 16.9 Å². The number of carbonyl (C=O) groups excluding carboxylic acids is 2. The van der Waals surface area contributed by atoms with Crippen molar-refractivity contribution in [3.63, 3.8) is 0 Å². The van der Waals surface area contributed by atoms with Gasteiger partial charge >= 0.3 is 0 Å². The number of Topliss-reactive ketones (excluding diaryl/α,β-unsaturated/α-hetero) is 1. The molecule has 1 aliphatic rings. The molecule has 1 saturated heterocycles. The van der Waals surface area contributed by atoms with Gasteiger partial charge in [0.1, 0.15) is 23.3 Å². The van der Waals surface area contributed by atoms with E-state index < -0.39 is 0 Å². The standard InChI is InChI=1S/C32H34FN5O4/c1-5-37-19-23(30(42-37)21-11-13-24(33)14-12-21)15-26(39)17-28-20(2)29(36-38(28)25-9-7-6-8-10-25)22-16-27(31(40)34-3)32(41-4)35-18-22/h6-14,16,18,23,30H,5,15,17,19H2,1-4H3,(H,34,40)/t23-,30+/m1/s1. The Kier molecular flexibility index (Phi) is 8.75. The number of ether oxygens (including phenoxy) is 1. The fourth-order valence-corrected chi connectivity index (χ4v) is 5.40. The predicted octanol–water partition coefficient (Wildman–Crippen LogP) is 4.88. The number of pyridine rings is 1. The van der Waals surface area contributed by atoms with E-state index in [1.165, 1.54) is 19.2 Å². The van der Waals surface area contributed by atoms with E-state index in [-0.39, 0.29) is 53.8 Å². The van der Waals surface area contributed by atoms with Crippen molar-refractivity contribution in [2.24, 2.45) is 5.92 Å². The van der Waals surface area contributed by atoms with Crippen LogP contribution in [0.3, 0.4) is 0 Å². The maximum absolute atomic E-state index is 13.7. The Balaban J connectivity index is 1.47. The molecule has 4 aromatic rings. The van der Waals surface area contributed by atoms with Crippen LogP contribution in [0.1, 0.15) is 46.6 Å². The Morgan fingerprint density at radius 2 is 1.88 bits per heavy atom. The molecule has 0 aliphatic carbocycles. The summed E-state index contributed by atoms with van der Waals surface area (Å²) < 4.78 is 20.7. The lowest BCUT2D eigenvalue weighted by molar-refractivity contribution is -0.146. The van der Waals surface area contributed by atoms with E-state index >= 15 is 0 Å². The van der Waals surface area contributed by atoms with Gasteiger partial charge in [-0.05, 0) is 48.4 Å². The van der Waals surface area contributed by atoms with Crippen molar-refractivity contribution in [1.82, 2.24) is 25.1 Å². The Bertz CT molecular complexity index is 1570. The van der Waals surface area contributed by atoms with Crippen LogP contribution in [0.5, 0.6) is 5.88 Å². The molecular weight excluding hydrogens is 537 g/mol. The third-order valence-electron chi connectivity index (χ3n) is 7.57. The lowest BCUT2D eigenvalue weighted by Gasteiger charge is -2.17. The smallest absolute Gasteiger partial charge is 0.256 e. The molecular formula is C32H34FN5O4. The van der Waals surface area contributed by atoms with E-state index in [1.54, 1.807) is 36.1 Å². The number of para-hydroxylation sites is 1. The number of nitrogens with one attached hydrogen (secondary N) is 1. The van der Waals surface area contributed by atoms with Gasteiger partial charge in [0.25, 0.3) is 5.91 Å². The summed E-state index contributed by atoms with van der Waals surface area (Å²) in [5.74, 6) is -0.473. The Hall–Kier alpha value is -4.41. The zero-order valence-corrected chi connectivity index (χ0v) is 24.1. The number of methoxy groups -OCH3 is 1. The van der Waals surface area contributed by atoms with Crippen molar-refractivity contribution in [3.05, 3.63) is 95.1 Å². The number of benzene rings is 2. The van der Waals surface area contributed by atoms with Gasteiger partial charge in [-0.25, -0.2) is 14.1 Å². The van der Waals surface area contributed by atoms with Crippen LogP contribution in [0.4, 0.5) is 4.39 Å². The number of carbonyl (C=O) groups is 2. The maximum atomic E-state index is 13.7. The van der Waals surface area contributed by atoms with E-state index in [1.807, 2.05) is 49.2 Å². The molecule has 0 spiro atoms. The first-order valence-corrected chi connectivity index (χ1v) is 13.9. The normalized spacial score (nSPS) is 16.9. The van der Waals surface area contributed by atoms with Crippen LogP contribution in [0, 0.1) is 18.7 Å². The first kappa shape index (κ1) is 29.1. The molecule has 10 heteroatoms. The number of hydrogen-bond donors (Lipinski definition) is 1. The summed E-state index contributed by atoms with van der Waals surface area (Å²) in [5, 5.41) is 9.36. The number of aromatic nitrogens is 3. The van der Waals surface area contributed by atoms with Crippen molar-refractivity contribution in [1.29, 1.82) is 0 Å². The minimum atomic E-state index is -0.335. The lowest BCUT2D eigenvalue weighted by atomic mass is 9.90. The van der Waals surface area contributed by atoms with E-state index in [4.69, 9.17) is 14.7 Å². The van der Waals surface area contributed by atoms with Crippen LogP contribution < -0.4 is 10.1 Å². The van der Waals surface area contributed by atoms with Crippen LogP contribution in [0.15, 0.2) is 66.9 Å². The summed E-state index contributed by atoms with van der Waals surface area (Å²) in [6.45, 7) is 5.21. The van der Waals surface area contributed by atoms with Gasteiger partial charge in [-0.2, -0.15) is 10.2 Å². The van der Waals surface area contributed by atoms with Crippen molar-refractivity contribution in [3.8, 4) is 22.8 Å². The molecule has 2 atom stereocenters. The second-order valence-corrected chi connectivity index (χ2v) is 10.3. The SMILES string of the molecule is CCN1C[C@@H](CC(=O)Cc2c(C)c(-c3cnc(OC)c(C(=O)NC)c3)nn2-c2ccccc2)[C@H](c2ccc(F)cc2)O1. The molecule has 1 aliphatic heterocycles. The topological polar surface area (TPSA) is 98.6 Å². The third-order valence-corrected chi connectivity index (χ3v) is 7.57. The molecule has 0 bridgehead atoms. The molecule has 9 nitrogen and oxygen atoms in total. The van der Waals surface area contributed by atoms with Gasteiger partial charge in [-0.3, -0.25) is 14.4 Å². The van der Waals surface area contributed by atoms with Gasteiger partial charge in [-0.1, -0.05) is 37.3 Å². The Morgan fingerprint density at radius 1 is 1.14 bits per heavy atom. The summed E-state index contributed by atoms with van der Waals surface area (Å²) in [6.07, 6.45) is 1.72. The number of halogens is 1. The predicted molar refractivity (Wildman–Crippen MR) is 156 cm³/mol. The molecule has 1 amide bonds. The fraction of sp³-hybridized carbons (Fsp3) is 0.312. The minimum Gasteiger partial charge on any atom is -0.480 e. The summed E-state index contributed by atoms with van der Waals surface area (Å²) >= 11 is 0. The molecule has 3 heterocycles. The van der Waals surface area contributed by atoms with Gasteiger partial charge in [-0.15, -0.1) is 0 Å². The number of amides is 1. The number of hydroxylamine groups is 2. The van der Waals surface area contributed by atoms with Crippen molar-refractivity contribution >= 4 is 11.7 Å². The monoisotopic (exact) mass is 571 g/mol. The number of rotatable bonds is 10. The van der Waals surface area contributed by atoms with Crippen molar-refractivity contribution < 1.29 is 23.6 Å². The van der Waals surface area contributed by atoms with Gasteiger partial charge in [0.2, 0.25) is 5.88 Å². The zero-order chi connectivity index (χ0) is 29.8. The van der Waals surface area contributed by atoms with Gasteiger partial charge in [0.05, 0.1) is 24.2 Å². The second-order valence-electron chi connectivity index (χ2n) is 10.3. The number of hydrogen-bond acceptors (Lipinski definition) is 7. The second kappa shape index (κ2) is 12.6. The molecule has 1 N–H and O–H groups in total. The molecule has 5 rings (SSSR count). The molecule has 0 radical (unpaired) electrons. The zero-order valence-electron chi connectivity index (χ0n) is 24.1. The molecule has 2 aromatic heterocycles. The molecule has 0 saturated carbocycles. The lowest BCUT2D eigenvalue weighted by Crippen LogP contribution is -2.20. The number of nitrogens with zero attached hydrogens (tertiary/aromatic N) is 4. The highest BCUT2D eigenvalue weighted by Crippen LogP contribution is 2.37. The number of ketones is 1. The highest BCUT2D eigenvalue weighted by molar-refractivity contribution is 5.97. The van der Waals surface area contributed by atoms with Gasteiger partial charge in [0.15, 0.2) is 0 Å². The molecule has 1 fully saturated rings. The highest BCUT2D eigenvalue weighted by atomic mass is 19.1. The van der Waals surface area contributed by atoms with E-state index in [9.17, 15) is 14.0 Å². The first-order chi connectivity index (χ1) is 20.3. The Labute approximate surface area is 244 Å². The van der Waals surface area contributed by atoms with Gasteiger partial charge < -0.3 is 10.1 Å². The maximum Gasteiger partial charge on any atom is 0.256 e. The quantitative estimate of drug-likeness (QED) is 0.290. The van der Waals surface area contributed by atoms with Crippen LogP contribution >= 0.6 is 0 Å². The highest BCUT2D eigenvalue weighted by Gasteiger charge is 2.36. The summed E-state index contributed by atoms with van der Waals surface area (Å²) in [6, 6.07) is 17.6. The fourth-order valence-electron chi connectivity index (χ4n) is 5.40. The first-order valence-electron chi connectivity index (χ1n) is 13.9. The largest absolute Gasteiger partial charge is 0.480 e. The van der Waals surface area contributed by atoms with Crippen LogP contribution in [-0.4, -0.2) is 58.8 Å². The van der Waals surface area contributed by atoms with Crippen molar-refractivity contribution in [2.75, 3.05) is 27.2 Å². The molecule has 218 valence electrons. The van der Waals surface area contributed by atoms with Gasteiger partial charge in [0, 0.05) is 50.7 Å². The van der Waals surface area contributed by atoms with E-state index in [0.717, 1.165) is 22.5 Å². The summed E-state index contributed by atoms with van der Waals surface area (Å²) in [7, 11) is 3.01. The van der Waals surface area contributed by atoms with E-state index in [2.05, 4.69) is 10.3 Å². The summed E-state index contributed by atoms with van der Waals surface area (Å²) in [5.41, 5.74) is 4.77. The van der Waals surface area contributed by atoms with E-state index in [0.29, 0.717) is 24.3 Å². The van der Waals surface area contributed by atoms with Crippen LogP contribution in [-0.2, 0) is 16.1 Å². The van der Waals surface area contributed by atoms with Crippen molar-refractivity contribution in [2.45, 2.75) is 32.8 Å². The average Bonchev–Trinajstić information content (AvgIpc) is 3.57. The third kappa shape index (κ3) is 5.95. The Morgan fingerprint density at radius 3 is 2.55 bits per heavy atom. The molecule has 0 unspecified atom stereocenters. The molecule has 42 heavy (non-hydrogen) atoms. The van der Waals surface area contributed by atoms with Crippen LogP contribution in [0.2, 0.25) is 0 Å². The molecule has 2 aromatic carbocycles. The summed E-state index contributed by atoms with van der Waals surface area (Å²) in [4.78, 5) is 36.7. The minimum absolute atomic E-state index is 0.0410. The average molecular weight is 572 g/mol.